The molecule has 0 atom stereocenters. The molecule has 0 amide bonds. The summed E-state index contributed by atoms with van der Waals surface area (Å²) in [6.07, 6.45) is 4.11. The summed E-state index contributed by atoms with van der Waals surface area (Å²) in [6, 6.07) is 10.3. The molecule has 2 heteroatoms. The van der Waals surface area contributed by atoms with Crippen molar-refractivity contribution in [2.24, 2.45) is 5.41 Å². The Morgan fingerprint density at radius 2 is 1.76 bits per heavy atom. The van der Waals surface area contributed by atoms with E-state index in [1.807, 2.05) is 32.0 Å². The third-order valence-corrected chi connectivity index (χ3v) is 3.77. The van der Waals surface area contributed by atoms with Gasteiger partial charge in [-0.1, -0.05) is 44.2 Å². The summed E-state index contributed by atoms with van der Waals surface area (Å²) in [5.74, 6) is -0.643. The molecule has 0 aliphatic rings. The highest BCUT2D eigenvalue weighted by molar-refractivity contribution is 5.74. The third kappa shape index (κ3) is 3.58. The molecule has 1 aromatic rings. The summed E-state index contributed by atoms with van der Waals surface area (Å²) >= 11 is 0. The fraction of sp³-hybridized carbons (Fsp3) is 0.533. The lowest BCUT2D eigenvalue weighted by atomic mass is 9.77. The van der Waals surface area contributed by atoms with Gasteiger partial charge < -0.3 is 5.11 Å². The van der Waals surface area contributed by atoms with Gasteiger partial charge in [-0.05, 0) is 37.7 Å². The Balaban J connectivity index is 2.51. The zero-order valence-electron chi connectivity index (χ0n) is 10.8. The number of carboxylic acid groups (broad SMARTS) is 1. The standard InChI is InChI=1S/C15H22O2/c1-3-15(4-2,14(16)17)12-8-11-13-9-6-5-7-10-13/h5-7,9-10H,3-4,8,11-12H2,1-2H3,(H,16,17). The topological polar surface area (TPSA) is 37.3 Å². The summed E-state index contributed by atoms with van der Waals surface area (Å²) in [6.45, 7) is 3.94. The van der Waals surface area contributed by atoms with Gasteiger partial charge in [-0.15, -0.1) is 0 Å². The predicted octanol–water partition coefficient (Wildman–Crippen LogP) is 3.90. The first-order valence-corrected chi connectivity index (χ1v) is 6.42. The van der Waals surface area contributed by atoms with Gasteiger partial charge >= 0.3 is 5.97 Å². The van der Waals surface area contributed by atoms with Crippen molar-refractivity contribution in [1.29, 1.82) is 0 Å². The highest BCUT2D eigenvalue weighted by Gasteiger charge is 2.33. The molecule has 17 heavy (non-hydrogen) atoms. The molecule has 2 nitrogen and oxygen atoms in total. The average Bonchev–Trinajstić information content (AvgIpc) is 2.36. The summed E-state index contributed by atoms with van der Waals surface area (Å²) in [5.41, 5.74) is 0.772. The number of carbonyl (C=O) groups is 1. The minimum Gasteiger partial charge on any atom is -0.481 e. The predicted molar refractivity (Wildman–Crippen MR) is 70.0 cm³/mol. The maximum Gasteiger partial charge on any atom is 0.309 e. The molecule has 0 saturated heterocycles. The van der Waals surface area contributed by atoms with E-state index in [2.05, 4.69) is 12.1 Å². The molecule has 94 valence electrons. The number of hydrogen-bond donors (Lipinski definition) is 1. The first-order valence-electron chi connectivity index (χ1n) is 6.42. The van der Waals surface area contributed by atoms with Gasteiger partial charge in [0, 0.05) is 0 Å². The summed E-state index contributed by atoms with van der Waals surface area (Å²) in [4.78, 5) is 11.3. The number of rotatable bonds is 7. The maximum absolute atomic E-state index is 11.3. The Kier molecular flexibility index (Phi) is 5.20. The molecule has 0 aliphatic heterocycles. The van der Waals surface area contributed by atoms with E-state index in [4.69, 9.17) is 0 Å². The highest BCUT2D eigenvalue weighted by atomic mass is 16.4. The third-order valence-electron chi connectivity index (χ3n) is 3.77. The van der Waals surface area contributed by atoms with Crippen molar-refractivity contribution in [2.45, 2.75) is 46.0 Å². The van der Waals surface area contributed by atoms with Crippen molar-refractivity contribution in [1.82, 2.24) is 0 Å². The van der Waals surface area contributed by atoms with Crippen molar-refractivity contribution in [2.75, 3.05) is 0 Å². The molecule has 1 aromatic carbocycles. The molecule has 0 heterocycles. The molecule has 1 rings (SSSR count). The Morgan fingerprint density at radius 3 is 2.24 bits per heavy atom. The van der Waals surface area contributed by atoms with Crippen molar-refractivity contribution >= 4 is 5.97 Å². The molecular weight excluding hydrogens is 212 g/mol. The minimum atomic E-state index is -0.643. The van der Waals surface area contributed by atoms with E-state index < -0.39 is 11.4 Å². The van der Waals surface area contributed by atoms with Crippen molar-refractivity contribution in [3.63, 3.8) is 0 Å². The fourth-order valence-electron chi connectivity index (χ4n) is 2.29. The smallest absolute Gasteiger partial charge is 0.309 e. The minimum absolute atomic E-state index is 0.519. The molecule has 0 saturated carbocycles. The van der Waals surface area contributed by atoms with E-state index in [0.717, 1.165) is 19.3 Å². The van der Waals surface area contributed by atoms with Crippen LogP contribution in [-0.4, -0.2) is 11.1 Å². The molecule has 0 aromatic heterocycles. The van der Waals surface area contributed by atoms with Crippen LogP contribution in [0.2, 0.25) is 0 Å². The van der Waals surface area contributed by atoms with E-state index >= 15 is 0 Å². The largest absolute Gasteiger partial charge is 0.481 e. The van der Waals surface area contributed by atoms with E-state index in [9.17, 15) is 9.90 Å². The van der Waals surface area contributed by atoms with Gasteiger partial charge in [0.15, 0.2) is 0 Å². The van der Waals surface area contributed by atoms with E-state index in [0.29, 0.717) is 12.8 Å². The normalized spacial score (nSPS) is 11.4. The lowest BCUT2D eigenvalue weighted by molar-refractivity contribution is -0.150. The van der Waals surface area contributed by atoms with Crippen LogP contribution in [0.4, 0.5) is 0 Å². The second-order valence-corrected chi connectivity index (χ2v) is 4.63. The number of hydrogen-bond acceptors (Lipinski definition) is 1. The molecular formula is C15H22O2. The number of carboxylic acids is 1. The lowest BCUT2D eigenvalue weighted by Crippen LogP contribution is -2.29. The number of benzene rings is 1. The molecule has 0 aliphatic carbocycles. The fourth-order valence-corrected chi connectivity index (χ4v) is 2.29. The molecule has 0 radical (unpaired) electrons. The van der Waals surface area contributed by atoms with Gasteiger partial charge in [-0.3, -0.25) is 4.79 Å². The van der Waals surface area contributed by atoms with E-state index in [1.165, 1.54) is 5.56 Å². The van der Waals surface area contributed by atoms with Crippen LogP contribution >= 0.6 is 0 Å². The van der Waals surface area contributed by atoms with Gasteiger partial charge in [-0.2, -0.15) is 0 Å². The Morgan fingerprint density at radius 1 is 1.18 bits per heavy atom. The summed E-state index contributed by atoms with van der Waals surface area (Å²) < 4.78 is 0. The monoisotopic (exact) mass is 234 g/mol. The van der Waals surface area contributed by atoms with Crippen LogP contribution in [0.15, 0.2) is 30.3 Å². The number of aryl methyl sites for hydroxylation is 1. The average molecular weight is 234 g/mol. The number of aliphatic carboxylic acids is 1. The van der Waals surface area contributed by atoms with Gasteiger partial charge in [0.2, 0.25) is 0 Å². The lowest BCUT2D eigenvalue weighted by Gasteiger charge is -2.26. The Labute approximate surface area is 104 Å². The van der Waals surface area contributed by atoms with E-state index in [-0.39, 0.29) is 0 Å². The quantitative estimate of drug-likeness (QED) is 0.777. The van der Waals surface area contributed by atoms with Crippen LogP contribution in [0.3, 0.4) is 0 Å². The van der Waals surface area contributed by atoms with Gasteiger partial charge in [0.1, 0.15) is 0 Å². The van der Waals surface area contributed by atoms with Crippen LogP contribution in [0, 0.1) is 5.41 Å². The van der Waals surface area contributed by atoms with Crippen LogP contribution in [0.5, 0.6) is 0 Å². The van der Waals surface area contributed by atoms with Crippen molar-refractivity contribution < 1.29 is 9.90 Å². The van der Waals surface area contributed by atoms with Crippen LogP contribution < -0.4 is 0 Å². The van der Waals surface area contributed by atoms with Crippen LogP contribution in [0.1, 0.15) is 45.1 Å². The highest BCUT2D eigenvalue weighted by Crippen LogP contribution is 2.32. The molecule has 0 bridgehead atoms. The maximum atomic E-state index is 11.3. The molecule has 1 N–H and O–H groups in total. The van der Waals surface area contributed by atoms with Crippen LogP contribution in [-0.2, 0) is 11.2 Å². The molecule has 0 unspecified atom stereocenters. The van der Waals surface area contributed by atoms with Crippen molar-refractivity contribution in [3.8, 4) is 0 Å². The molecule has 0 spiro atoms. The zero-order valence-corrected chi connectivity index (χ0v) is 10.8. The first-order chi connectivity index (χ1) is 8.14. The zero-order chi connectivity index (χ0) is 12.7. The Hall–Kier alpha value is -1.31. The Bertz CT molecular complexity index is 339. The van der Waals surface area contributed by atoms with Crippen molar-refractivity contribution in [3.05, 3.63) is 35.9 Å². The van der Waals surface area contributed by atoms with Gasteiger partial charge in [0.05, 0.1) is 5.41 Å². The molecule has 0 fully saturated rings. The van der Waals surface area contributed by atoms with Gasteiger partial charge in [-0.25, -0.2) is 0 Å². The summed E-state index contributed by atoms with van der Waals surface area (Å²) in [5, 5.41) is 9.32. The first kappa shape index (κ1) is 13.8. The second-order valence-electron chi connectivity index (χ2n) is 4.63. The summed E-state index contributed by atoms with van der Waals surface area (Å²) in [7, 11) is 0. The van der Waals surface area contributed by atoms with Gasteiger partial charge in [0.25, 0.3) is 0 Å². The van der Waals surface area contributed by atoms with Crippen LogP contribution in [0.25, 0.3) is 0 Å². The SMILES string of the molecule is CCC(CC)(CCCc1ccccc1)C(=O)O. The van der Waals surface area contributed by atoms with E-state index in [1.54, 1.807) is 0 Å². The second kappa shape index (κ2) is 6.43.